The fourth-order valence-corrected chi connectivity index (χ4v) is 2.60. The number of anilines is 1. The second kappa shape index (κ2) is 7.57. The first kappa shape index (κ1) is 17.4. The van der Waals surface area contributed by atoms with Gasteiger partial charge in [0.1, 0.15) is 5.82 Å². The van der Waals surface area contributed by atoms with Crippen molar-refractivity contribution < 1.29 is 19.1 Å². The van der Waals surface area contributed by atoms with Crippen LogP contribution in [-0.4, -0.2) is 21.8 Å². The Hall–Kier alpha value is -1.92. The van der Waals surface area contributed by atoms with Gasteiger partial charge in [0.15, 0.2) is 0 Å². The molecule has 1 unspecified atom stereocenters. The Morgan fingerprint density at radius 2 is 1.96 bits per heavy atom. The summed E-state index contributed by atoms with van der Waals surface area (Å²) in [5.74, 6) is -1.98. The fourth-order valence-electron chi connectivity index (χ4n) is 1.94. The lowest BCUT2D eigenvalue weighted by Crippen LogP contribution is -2.25. The van der Waals surface area contributed by atoms with Gasteiger partial charge in [-0.2, -0.15) is 0 Å². The standard InChI is InChI=1S/C16H12BrClFNO3/c17-12(7-9-3-1-2-4-14(9)19)15(21)20-10-5-6-13(18)11(8-10)16(22)23/h1-6,8,12H,7H2,(H,20,21)(H,22,23). The van der Waals surface area contributed by atoms with Crippen LogP contribution in [-0.2, 0) is 11.2 Å². The van der Waals surface area contributed by atoms with Crippen molar-refractivity contribution in [2.75, 3.05) is 5.32 Å². The maximum atomic E-state index is 13.6. The number of carbonyl (C=O) groups excluding carboxylic acids is 1. The SMILES string of the molecule is O=C(O)c1cc(NC(=O)C(Br)Cc2ccccc2F)ccc1Cl. The Morgan fingerprint density at radius 1 is 1.26 bits per heavy atom. The molecule has 1 amide bonds. The predicted octanol–water partition coefficient (Wildman–Crippen LogP) is 4.12. The summed E-state index contributed by atoms with van der Waals surface area (Å²) < 4.78 is 13.6. The van der Waals surface area contributed by atoms with Crippen molar-refractivity contribution in [3.8, 4) is 0 Å². The van der Waals surface area contributed by atoms with Gasteiger partial charge < -0.3 is 10.4 Å². The molecule has 4 nitrogen and oxygen atoms in total. The molecule has 7 heteroatoms. The van der Waals surface area contributed by atoms with Crippen LogP contribution in [0.3, 0.4) is 0 Å². The largest absolute Gasteiger partial charge is 0.478 e. The number of alkyl halides is 1. The van der Waals surface area contributed by atoms with E-state index in [-0.39, 0.29) is 22.8 Å². The van der Waals surface area contributed by atoms with Crippen molar-refractivity contribution in [3.05, 3.63) is 64.4 Å². The monoisotopic (exact) mass is 399 g/mol. The molecule has 120 valence electrons. The van der Waals surface area contributed by atoms with Gasteiger partial charge in [-0.3, -0.25) is 4.79 Å². The lowest BCUT2D eigenvalue weighted by Gasteiger charge is -2.12. The summed E-state index contributed by atoms with van der Waals surface area (Å²) in [5, 5.41) is 11.7. The van der Waals surface area contributed by atoms with Crippen LogP contribution < -0.4 is 5.32 Å². The number of benzene rings is 2. The summed E-state index contributed by atoms with van der Waals surface area (Å²) in [7, 11) is 0. The molecule has 0 saturated carbocycles. The van der Waals surface area contributed by atoms with E-state index in [1.807, 2.05) is 0 Å². The average Bonchev–Trinajstić information content (AvgIpc) is 2.51. The lowest BCUT2D eigenvalue weighted by molar-refractivity contribution is -0.115. The molecule has 0 radical (unpaired) electrons. The first-order chi connectivity index (χ1) is 10.9. The summed E-state index contributed by atoms with van der Waals surface area (Å²) in [6.45, 7) is 0. The molecule has 23 heavy (non-hydrogen) atoms. The second-order valence-corrected chi connectivity index (χ2v) is 6.26. The third-order valence-corrected chi connectivity index (χ3v) is 4.17. The van der Waals surface area contributed by atoms with E-state index in [1.54, 1.807) is 18.2 Å². The van der Waals surface area contributed by atoms with Gasteiger partial charge in [0, 0.05) is 5.69 Å². The maximum Gasteiger partial charge on any atom is 0.337 e. The van der Waals surface area contributed by atoms with Gasteiger partial charge in [0.05, 0.1) is 15.4 Å². The number of amides is 1. The Labute approximate surface area is 145 Å². The van der Waals surface area contributed by atoms with Gasteiger partial charge in [-0.15, -0.1) is 0 Å². The highest BCUT2D eigenvalue weighted by Crippen LogP contribution is 2.22. The number of nitrogens with one attached hydrogen (secondary N) is 1. The number of rotatable bonds is 5. The zero-order chi connectivity index (χ0) is 17.0. The van der Waals surface area contributed by atoms with Crippen molar-refractivity contribution in [2.24, 2.45) is 0 Å². The predicted molar refractivity (Wildman–Crippen MR) is 89.9 cm³/mol. The van der Waals surface area contributed by atoms with E-state index in [9.17, 15) is 14.0 Å². The van der Waals surface area contributed by atoms with Crippen LogP contribution >= 0.6 is 27.5 Å². The average molecular weight is 401 g/mol. The van der Waals surface area contributed by atoms with Crippen LogP contribution in [0.25, 0.3) is 0 Å². The highest BCUT2D eigenvalue weighted by atomic mass is 79.9. The molecule has 0 aliphatic heterocycles. The van der Waals surface area contributed by atoms with E-state index in [1.165, 1.54) is 24.3 Å². The molecule has 0 fully saturated rings. The minimum atomic E-state index is -1.19. The quantitative estimate of drug-likeness (QED) is 0.742. The Bertz CT molecular complexity index is 754. The molecule has 2 rings (SSSR count). The highest BCUT2D eigenvalue weighted by Gasteiger charge is 2.18. The topological polar surface area (TPSA) is 66.4 Å². The summed E-state index contributed by atoms with van der Waals surface area (Å²) in [5.41, 5.74) is 0.603. The minimum absolute atomic E-state index is 0.0808. The van der Waals surface area contributed by atoms with Gasteiger partial charge in [-0.1, -0.05) is 45.7 Å². The number of carbonyl (C=O) groups is 2. The first-order valence-corrected chi connectivity index (χ1v) is 7.89. The van der Waals surface area contributed by atoms with E-state index in [0.29, 0.717) is 11.3 Å². The molecule has 2 aromatic rings. The van der Waals surface area contributed by atoms with Crippen LogP contribution in [0.2, 0.25) is 5.02 Å². The van der Waals surface area contributed by atoms with Crippen molar-refractivity contribution in [1.29, 1.82) is 0 Å². The van der Waals surface area contributed by atoms with Gasteiger partial charge in [-0.05, 0) is 36.2 Å². The minimum Gasteiger partial charge on any atom is -0.478 e. The summed E-state index contributed by atoms with van der Waals surface area (Å²) in [6, 6.07) is 10.3. The van der Waals surface area contributed by atoms with Crippen molar-refractivity contribution in [1.82, 2.24) is 0 Å². The second-order valence-electron chi connectivity index (χ2n) is 4.75. The summed E-state index contributed by atoms with van der Waals surface area (Å²) in [4.78, 5) is 22.5. The normalized spacial score (nSPS) is 11.8. The number of carboxylic acids is 1. The van der Waals surface area contributed by atoms with Crippen LogP contribution in [0.15, 0.2) is 42.5 Å². The van der Waals surface area contributed by atoms with Crippen LogP contribution in [0, 0.1) is 5.82 Å². The van der Waals surface area contributed by atoms with Gasteiger partial charge in [0.2, 0.25) is 5.91 Å². The number of aromatic carboxylic acids is 1. The lowest BCUT2D eigenvalue weighted by atomic mass is 10.1. The molecule has 0 aromatic heterocycles. The summed E-state index contributed by atoms with van der Waals surface area (Å²) in [6.07, 6.45) is 0.165. The fraction of sp³-hybridized carbons (Fsp3) is 0.125. The van der Waals surface area contributed by atoms with Gasteiger partial charge in [-0.25, -0.2) is 9.18 Å². The number of hydrogen-bond acceptors (Lipinski definition) is 2. The molecule has 0 aliphatic carbocycles. The van der Waals surface area contributed by atoms with Crippen molar-refractivity contribution in [3.63, 3.8) is 0 Å². The third-order valence-electron chi connectivity index (χ3n) is 3.11. The smallest absolute Gasteiger partial charge is 0.337 e. The van der Waals surface area contributed by atoms with E-state index < -0.39 is 16.7 Å². The molecular weight excluding hydrogens is 389 g/mol. The van der Waals surface area contributed by atoms with Crippen molar-refractivity contribution in [2.45, 2.75) is 11.2 Å². The van der Waals surface area contributed by atoms with Crippen molar-refractivity contribution >= 4 is 45.1 Å². The molecular formula is C16H12BrClFNO3. The first-order valence-electron chi connectivity index (χ1n) is 6.59. The molecule has 0 bridgehead atoms. The molecule has 0 spiro atoms. The van der Waals surface area contributed by atoms with E-state index in [2.05, 4.69) is 21.2 Å². The molecule has 1 atom stereocenters. The number of carboxylic acid groups (broad SMARTS) is 1. The third kappa shape index (κ3) is 4.53. The molecule has 0 heterocycles. The van der Waals surface area contributed by atoms with Crippen LogP contribution in [0.5, 0.6) is 0 Å². The van der Waals surface area contributed by atoms with E-state index >= 15 is 0 Å². The Kier molecular flexibility index (Phi) is 5.74. The van der Waals surface area contributed by atoms with Crippen LogP contribution in [0.4, 0.5) is 10.1 Å². The highest BCUT2D eigenvalue weighted by molar-refractivity contribution is 9.10. The molecule has 2 N–H and O–H groups in total. The maximum absolute atomic E-state index is 13.6. The molecule has 2 aromatic carbocycles. The number of hydrogen-bond donors (Lipinski definition) is 2. The van der Waals surface area contributed by atoms with E-state index in [4.69, 9.17) is 16.7 Å². The molecule has 0 saturated heterocycles. The van der Waals surface area contributed by atoms with Gasteiger partial charge in [0.25, 0.3) is 0 Å². The van der Waals surface area contributed by atoms with Gasteiger partial charge >= 0.3 is 5.97 Å². The summed E-state index contributed by atoms with van der Waals surface area (Å²) >= 11 is 8.98. The Balaban J connectivity index is 2.08. The van der Waals surface area contributed by atoms with Crippen LogP contribution in [0.1, 0.15) is 15.9 Å². The zero-order valence-corrected chi connectivity index (χ0v) is 14.1. The van der Waals surface area contributed by atoms with E-state index in [0.717, 1.165) is 0 Å². The Morgan fingerprint density at radius 3 is 2.61 bits per heavy atom. The molecule has 0 aliphatic rings. The number of halogens is 3. The zero-order valence-electron chi connectivity index (χ0n) is 11.7.